The number of carboxylic acid groups (broad SMARTS) is 1. The lowest BCUT2D eigenvalue weighted by Gasteiger charge is -2.44. The van der Waals surface area contributed by atoms with Gasteiger partial charge in [-0.1, -0.05) is 20.8 Å². The molecule has 1 aliphatic heterocycles. The first kappa shape index (κ1) is 15.9. The monoisotopic (exact) mass is 310 g/mol. The molecule has 0 radical (unpaired) electrons. The van der Waals surface area contributed by atoms with E-state index in [1.165, 1.54) is 18.3 Å². The molecule has 0 spiro atoms. The van der Waals surface area contributed by atoms with E-state index in [1.54, 1.807) is 10.3 Å². The second kappa shape index (κ2) is 5.75. The standard InChI is InChI=1S/C15H22N2O3S/c1-9(18)11-8-21-13(16-11)10-5-6-17(14(19)20)12(7-10)15(2,3)4/h8,10,12H,5-7H2,1-4H3,(H,19,20). The normalized spacial score (nSPS) is 23.1. The smallest absolute Gasteiger partial charge is 0.407 e. The number of carbonyl (C=O) groups is 2. The molecule has 0 saturated carbocycles. The molecule has 0 aliphatic carbocycles. The SMILES string of the molecule is CC(=O)c1csc(C2CCN(C(=O)O)C(C(C)(C)C)C2)n1. The quantitative estimate of drug-likeness (QED) is 0.847. The van der Waals surface area contributed by atoms with Crippen molar-refractivity contribution in [2.45, 2.75) is 52.5 Å². The van der Waals surface area contributed by atoms with Gasteiger partial charge in [0.05, 0.1) is 5.01 Å². The van der Waals surface area contributed by atoms with Crippen LogP contribution in [-0.2, 0) is 0 Å². The number of piperidine rings is 1. The van der Waals surface area contributed by atoms with Gasteiger partial charge in [0.15, 0.2) is 5.78 Å². The molecule has 116 valence electrons. The van der Waals surface area contributed by atoms with Gasteiger partial charge in [-0.2, -0.15) is 0 Å². The average molecular weight is 310 g/mol. The molecule has 2 atom stereocenters. The van der Waals surface area contributed by atoms with E-state index in [0.29, 0.717) is 12.2 Å². The van der Waals surface area contributed by atoms with Crippen molar-refractivity contribution in [3.8, 4) is 0 Å². The minimum absolute atomic E-state index is 0.0205. The number of hydrogen-bond acceptors (Lipinski definition) is 4. The zero-order valence-electron chi connectivity index (χ0n) is 12.9. The van der Waals surface area contributed by atoms with Crippen LogP contribution in [0.25, 0.3) is 0 Å². The van der Waals surface area contributed by atoms with Gasteiger partial charge in [0.2, 0.25) is 0 Å². The number of Topliss-reactive ketones (excluding diaryl/α,β-unsaturated/α-hetero) is 1. The van der Waals surface area contributed by atoms with Gasteiger partial charge >= 0.3 is 6.09 Å². The topological polar surface area (TPSA) is 70.5 Å². The van der Waals surface area contributed by atoms with Crippen LogP contribution in [0.5, 0.6) is 0 Å². The highest BCUT2D eigenvalue weighted by Crippen LogP contribution is 2.39. The van der Waals surface area contributed by atoms with Crippen molar-refractivity contribution in [1.82, 2.24) is 9.88 Å². The molecule has 21 heavy (non-hydrogen) atoms. The first-order chi connectivity index (χ1) is 9.70. The Hall–Kier alpha value is -1.43. The Morgan fingerprint density at radius 2 is 2.10 bits per heavy atom. The Bertz CT molecular complexity index is 547. The van der Waals surface area contributed by atoms with Crippen molar-refractivity contribution < 1.29 is 14.7 Å². The molecular weight excluding hydrogens is 288 g/mol. The van der Waals surface area contributed by atoms with Crippen molar-refractivity contribution >= 4 is 23.2 Å². The average Bonchev–Trinajstić information content (AvgIpc) is 2.86. The number of nitrogens with zero attached hydrogens (tertiary/aromatic N) is 2. The number of rotatable bonds is 2. The number of aromatic nitrogens is 1. The molecule has 1 aromatic rings. The van der Waals surface area contributed by atoms with E-state index in [0.717, 1.165) is 17.8 Å². The fraction of sp³-hybridized carbons (Fsp3) is 0.667. The zero-order valence-corrected chi connectivity index (χ0v) is 13.7. The summed E-state index contributed by atoms with van der Waals surface area (Å²) in [5, 5.41) is 12.1. The van der Waals surface area contributed by atoms with E-state index in [1.807, 2.05) is 0 Å². The summed E-state index contributed by atoms with van der Waals surface area (Å²) in [4.78, 5) is 28.8. The van der Waals surface area contributed by atoms with Crippen molar-refractivity contribution in [2.24, 2.45) is 5.41 Å². The fourth-order valence-corrected chi connectivity index (χ4v) is 3.89. The molecule has 1 saturated heterocycles. The lowest BCUT2D eigenvalue weighted by Crippen LogP contribution is -2.51. The van der Waals surface area contributed by atoms with E-state index in [-0.39, 0.29) is 23.2 Å². The van der Waals surface area contributed by atoms with Crippen molar-refractivity contribution in [1.29, 1.82) is 0 Å². The summed E-state index contributed by atoms with van der Waals surface area (Å²) < 4.78 is 0. The maximum absolute atomic E-state index is 11.4. The second-order valence-electron chi connectivity index (χ2n) is 6.71. The van der Waals surface area contributed by atoms with E-state index in [9.17, 15) is 14.7 Å². The van der Waals surface area contributed by atoms with Gasteiger partial charge in [-0.3, -0.25) is 4.79 Å². The largest absolute Gasteiger partial charge is 0.465 e. The molecule has 0 bridgehead atoms. The van der Waals surface area contributed by atoms with Crippen LogP contribution in [0.1, 0.15) is 62.0 Å². The number of amides is 1. The van der Waals surface area contributed by atoms with Gasteiger partial charge in [0, 0.05) is 30.8 Å². The van der Waals surface area contributed by atoms with Gasteiger partial charge < -0.3 is 10.0 Å². The van der Waals surface area contributed by atoms with Crippen LogP contribution in [0.15, 0.2) is 5.38 Å². The molecular formula is C15H22N2O3S. The lowest BCUT2D eigenvalue weighted by molar-refractivity contribution is 0.0525. The summed E-state index contributed by atoms with van der Waals surface area (Å²) in [6, 6.07) is -0.0292. The van der Waals surface area contributed by atoms with Crippen LogP contribution in [0.2, 0.25) is 0 Å². The molecule has 1 aliphatic rings. The first-order valence-corrected chi connectivity index (χ1v) is 8.04. The Balaban J connectivity index is 2.20. The third-order valence-electron chi connectivity index (χ3n) is 4.08. The van der Waals surface area contributed by atoms with Crippen LogP contribution in [0.3, 0.4) is 0 Å². The number of thiazole rings is 1. The van der Waals surface area contributed by atoms with Gasteiger partial charge in [-0.15, -0.1) is 11.3 Å². The lowest BCUT2D eigenvalue weighted by atomic mass is 9.77. The van der Waals surface area contributed by atoms with Crippen LogP contribution < -0.4 is 0 Å². The van der Waals surface area contributed by atoms with Crippen LogP contribution in [-0.4, -0.2) is 39.5 Å². The number of hydrogen-bond donors (Lipinski definition) is 1. The summed E-state index contributed by atoms with van der Waals surface area (Å²) in [7, 11) is 0. The minimum atomic E-state index is -0.850. The molecule has 2 unspecified atom stereocenters. The Morgan fingerprint density at radius 3 is 2.57 bits per heavy atom. The van der Waals surface area contributed by atoms with Crippen molar-refractivity contribution in [3.63, 3.8) is 0 Å². The first-order valence-electron chi connectivity index (χ1n) is 7.16. The van der Waals surface area contributed by atoms with Gasteiger partial charge in [0.25, 0.3) is 0 Å². The number of ketones is 1. The molecule has 1 N–H and O–H groups in total. The maximum atomic E-state index is 11.4. The van der Waals surface area contributed by atoms with E-state index in [4.69, 9.17) is 0 Å². The Kier molecular flexibility index (Phi) is 4.37. The van der Waals surface area contributed by atoms with Crippen LogP contribution in [0.4, 0.5) is 4.79 Å². The van der Waals surface area contributed by atoms with Crippen LogP contribution >= 0.6 is 11.3 Å². The highest BCUT2D eigenvalue weighted by molar-refractivity contribution is 7.09. The summed E-state index contributed by atoms with van der Waals surface area (Å²) in [6.07, 6.45) is 0.682. The molecule has 2 rings (SSSR count). The second-order valence-corrected chi connectivity index (χ2v) is 7.60. The predicted octanol–water partition coefficient (Wildman–Crippen LogP) is 3.62. The maximum Gasteiger partial charge on any atom is 0.407 e. The zero-order chi connectivity index (χ0) is 15.8. The fourth-order valence-electron chi connectivity index (χ4n) is 2.88. The summed E-state index contributed by atoms with van der Waals surface area (Å²) in [5.41, 5.74) is 0.403. The molecule has 0 aromatic carbocycles. The summed E-state index contributed by atoms with van der Waals surface area (Å²) >= 11 is 1.51. The third-order valence-corrected chi connectivity index (χ3v) is 5.09. The number of likely N-dealkylation sites (tertiary alicyclic amines) is 1. The molecule has 5 nitrogen and oxygen atoms in total. The van der Waals surface area contributed by atoms with Crippen molar-refractivity contribution in [2.75, 3.05) is 6.54 Å². The van der Waals surface area contributed by atoms with Gasteiger partial charge in [0.1, 0.15) is 5.69 Å². The molecule has 6 heteroatoms. The van der Waals surface area contributed by atoms with Crippen molar-refractivity contribution in [3.05, 3.63) is 16.1 Å². The summed E-state index contributed by atoms with van der Waals surface area (Å²) in [5.74, 6) is 0.218. The number of carbonyl (C=O) groups excluding carboxylic acids is 1. The Morgan fingerprint density at radius 1 is 1.43 bits per heavy atom. The van der Waals surface area contributed by atoms with Crippen LogP contribution in [0, 0.1) is 5.41 Å². The highest BCUT2D eigenvalue weighted by atomic mass is 32.1. The molecule has 2 heterocycles. The van der Waals surface area contributed by atoms with Gasteiger partial charge in [-0.05, 0) is 18.3 Å². The Labute approximate surface area is 129 Å². The third kappa shape index (κ3) is 3.43. The van der Waals surface area contributed by atoms with E-state index >= 15 is 0 Å². The van der Waals surface area contributed by atoms with E-state index < -0.39 is 6.09 Å². The molecule has 1 fully saturated rings. The highest BCUT2D eigenvalue weighted by Gasteiger charge is 2.39. The molecule has 1 amide bonds. The van der Waals surface area contributed by atoms with E-state index in [2.05, 4.69) is 25.8 Å². The predicted molar refractivity (Wildman–Crippen MR) is 82.1 cm³/mol. The minimum Gasteiger partial charge on any atom is -0.465 e. The van der Waals surface area contributed by atoms with Gasteiger partial charge in [-0.25, -0.2) is 9.78 Å². The summed E-state index contributed by atoms with van der Waals surface area (Å²) in [6.45, 7) is 8.25. The molecule has 1 aromatic heterocycles.